The molecule has 4 aromatic rings. The molecule has 7 rings (SSSR count). The van der Waals surface area contributed by atoms with Crippen LogP contribution >= 0.6 is 11.6 Å². The molecule has 2 fully saturated rings. The molecular weight excluding hydrogens is 490 g/mol. The Morgan fingerprint density at radius 3 is 2.81 bits per heavy atom. The molecule has 2 atom stereocenters. The van der Waals surface area contributed by atoms with Crippen molar-refractivity contribution in [1.29, 1.82) is 0 Å². The lowest BCUT2D eigenvalue weighted by Crippen LogP contribution is -2.32. The van der Waals surface area contributed by atoms with Crippen molar-refractivity contribution in [3.63, 3.8) is 0 Å². The lowest BCUT2D eigenvalue weighted by Gasteiger charge is -2.11. The van der Waals surface area contributed by atoms with Crippen LogP contribution in [-0.4, -0.2) is 38.2 Å². The van der Waals surface area contributed by atoms with Crippen molar-refractivity contribution in [2.75, 3.05) is 22.6 Å². The van der Waals surface area contributed by atoms with Gasteiger partial charge in [-0.25, -0.2) is 15.0 Å². The average Bonchev–Trinajstić information content (AvgIpc) is 3.81. The summed E-state index contributed by atoms with van der Waals surface area (Å²) in [4.78, 5) is 41.0. The normalized spacial score (nSPS) is 21.9. The van der Waals surface area contributed by atoms with E-state index in [4.69, 9.17) is 11.6 Å². The average molecular weight is 514 g/mol. The molecule has 2 aliphatic carbocycles. The Bertz CT molecular complexity index is 1600. The third kappa shape index (κ3) is 3.64. The predicted molar refractivity (Wildman–Crippen MR) is 140 cm³/mol. The number of benzene rings is 1. The van der Waals surface area contributed by atoms with Crippen molar-refractivity contribution in [3.05, 3.63) is 77.0 Å². The van der Waals surface area contributed by atoms with Crippen molar-refractivity contribution < 1.29 is 9.59 Å². The van der Waals surface area contributed by atoms with Crippen LogP contribution in [0.3, 0.4) is 0 Å². The van der Waals surface area contributed by atoms with Crippen molar-refractivity contribution in [3.8, 4) is 0 Å². The van der Waals surface area contributed by atoms with Gasteiger partial charge in [0.25, 0.3) is 0 Å². The van der Waals surface area contributed by atoms with Crippen molar-refractivity contribution in [2.45, 2.75) is 37.1 Å². The van der Waals surface area contributed by atoms with E-state index in [-0.39, 0.29) is 11.8 Å². The van der Waals surface area contributed by atoms with E-state index >= 15 is 0 Å². The van der Waals surface area contributed by atoms with Crippen LogP contribution < -0.4 is 15.5 Å². The summed E-state index contributed by atoms with van der Waals surface area (Å²) in [5.74, 6) is 0.831. The number of hydrogen-bond donors (Lipinski definition) is 2. The molecule has 186 valence electrons. The number of fused-ring (bicyclic) bond motifs is 3. The van der Waals surface area contributed by atoms with Crippen LogP contribution in [0.2, 0.25) is 5.02 Å². The first-order valence-corrected chi connectivity index (χ1v) is 12.7. The molecule has 2 saturated carbocycles. The second-order valence-corrected chi connectivity index (χ2v) is 10.6. The van der Waals surface area contributed by atoms with Crippen LogP contribution in [0.25, 0.3) is 5.65 Å². The molecule has 2 amide bonds. The van der Waals surface area contributed by atoms with Crippen LogP contribution in [0.4, 0.5) is 17.3 Å². The SMILES string of the molecule is CN1C(=O)C2(CC2C(=O)Nc2cc(NCc3cn4cc(C5CC5)ccc4n3)ncn2)c2cc(Cl)ccc21. The molecule has 3 aliphatic rings. The molecule has 0 saturated heterocycles. The molecule has 1 spiro atoms. The highest BCUT2D eigenvalue weighted by atomic mass is 35.5. The quantitative estimate of drug-likeness (QED) is 0.401. The minimum Gasteiger partial charge on any atom is -0.364 e. The van der Waals surface area contributed by atoms with Crippen molar-refractivity contribution >= 4 is 46.4 Å². The molecule has 0 bridgehead atoms. The Morgan fingerprint density at radius 2 is 1.97 bits per heavy atom. The van der Waals surface area contributed by atoms with Gasteiger partial charge in [0.1, 0.15) is 23.6 Å². The number of hydrogen-bond acceptors (Lipinski definition) is 6. The third-order valence-corrected chi connectivity index (χ3v) is 7.94. The smallest absolute Gasteiger partial charge is 0.238 e. The van der Waals surface area contributed by atoms with Gasteiger partial charge in [0.15, 0.2) is 0 Å². The summed E-state index contributed by atoms with van der Waals surface area (Å²) in [6.45, 7) is 0.481. The first kappa shape index (κ1) is 22.2. The van der Waals surface area contributed by atoms with E-state index in [1.165, 1.54) is 24.7 Å². The first-order chi connectivity index (χ1) is 17.9. The van der Waals surface area contributed by atoms with Crippen LogP contribution in [0.15, 0.2) is 55.1 Å². The number of likely N-dealkylation sites (N-methyl/N-ethyl adjacent to an activating group) is 1. The van der Waals surface area contributed by atoms with Gasteiger partial charge in [-0.2, -0.15) is 0 Å². The van der Waals surface area contributed by atoms with Gasteiger partial charge >= 0.3 is 0 Å². The molecule has 1 aromatic carbocycles. The fourth-order valence-electron chi connectivity index (χ4n) is 5.52. The van der Waals surface area contributed by atoms with Gasteiger partial charge in [-0.15, -0.1) is 0 Å². The molecule has 37 heavy (non-hydrogen) atoms. The van der Waals surface area contributed by atoms with Gasteiger partial charge in [0, 0.05) is 36.2 Å². The number of imidazole rings is 1. The van der Waals surface area contributed by atoms with E-state index in [1.54, 1.807) is 30.1 Å². The lowest BCUT2D eigenvalue weighted by molar-refractivity contribution is -0.123. The number of nitrogens with one attached hydrogen (secondary N) is 2. The minimum atomic E-state index is -0.852. The minimum absolute atomic E-state index is 0.0772. The fraction of sp³-hybridized carbons (Fsp3) is 0.296. The summed E-state index contributed by atoms with van der Waals surface area (Å²) >= 11 is 6.21. The van der Waals surface area contributed by atoms with Crippen LogP contribution in [0, 0.1) is 5.92 Å². The second kappa shape index (κ2) is 8.01. The predicted octanol–water partition coefficient (Wildman–Crippen LogP) is 4.14. The number of rotatable bonds is 6. The maximum Gasteiger partial charge on any atom is 0.238 e. The Kier molecular flexibility index (Phi) is 4.81. The summed E-state index contributed by atoms with van der Waals surface area (Å²) in [5, 5.41) is 6.67. The maximum absolute atomic E-state index is 13.1. The van der Waals surface area contributed by atoms with Crippen LogP contribution in [0.5, 0.6) is 0 Å². The van der Waals surface area contributed by atoms with E-state index in [0.717, 1.165) is 22.6 Å². The number of carbonyl (C=O) groups excluding carboxylic acids is 2. The monoisotopic (exact) mass is 513 g/mol. The Hall–Kier alpha value is -3.98. The number of aromatic nitrogens is 4. The zero-order valence-electron chi connectivity index (χ0n) is 20.1. The largest absolute Gasteiger partial charge is 0.364 e. The highest BCUT2D eigenvalue weighted by Gasteiger charge is 2.69. The van der Waals surface area contributed by atoms with Crippen LogP contribution in [-0.2, 0) is 21.5 Å². The van der Waals surface area contributed by atoms with Gasteiger partial charge in [0.2, 0.25) is 11.8 Å². The van der Waals surface area contributed by atoms with Gasteiger partial charge < -0.3 is 19.9 Å². The number of amides is 2. The molecule has 1 aliphatic heterocycles. The zero-order valence-corrected chi connectivity index (χ0v) is 20.9. The summed E-state index contributed by atoms with van der Waals surface area (Å²) < 4.78 is 2.06. The molecule has 9 nitrogen and oxygen atoms in total. The summed E-state index contributed by atoms with van der Waals surface area (Å²) in [5.41, 5.74) is 3.91. The number of halogens is 1. The molecule has 2 unspecified atom stereocenters. The van der Waals surface area contributed by atoms with Crippen molar-refractivity contribution in [1.82, 2.24) is 19.4 Å². The van der Waals surface area contributed by atoms with E-state index in [1.807, 2.05) is 12.3 Å². The van der Waals surface area contributed by atoms with E-state index in [9.17, 15) is 9.59 Å². The Labute approximate surface area is 217 Å². The van der Waals surface area contributed by atoms with E-state index in [2.05, 4.69) is 48.3 Å². The third-order valence-electron chi connectivity index (χ3n) is 7.71. The van der Waals surface area contributed by atoms with Gasteiger partial charge in [0.05, 0.1) is 23.6 Å². The highest BCUT2D eigenvalue weighted by Crippen LogP contribution is 2.62. The topological polar surface area (TPSA) is 105 Å². The first-order valence-electron chi connectivity index (χ1n) is 12.3. The van der Waals surface area contributed by atoms with Gasteiger partial charge in [-0.05, 0) is 60.6 Å². The molecule has 10 heteroatoms. The molecule has 3 aromatic heterocycles. The standard InChI is InChI=1S/C27H24ClN7O2/c1-34-21-6-5-17(28)8-19(21)27(26(34)37)10-20(27)25(36)33-23-9-22(30-14-31-23)29-11-18-13-35-12-16(15-2-3-15)4-7-24(35)32-18/h4-9,12-15,20H,2-3,10-11H2,1H3,(H2,29,30,31,33,36). The second-order valence-electron chi connectivity index (χ2n) is 10.1. The molecular formula is C27H24ClN7O2. The Balaban J connectivity index is 1.03. The lowest BCUT2D eigenvalue weighted by atomic mass is 9.94. The zero-order chi connectivity index (χ0) is 25.3. The molecule has 0 radical (unpaired) electrons. The van der Waals surface area contributed by atoms with Gasteiger partial charge in [-0.1, -0.05) is 17.7 Å². The van der Waals surface area contributed by atoms with E-state index < -0.39 is 11.3 Å². The fourth-order valence-corrected chi connectivity index (χ4v) is 5.69. The van der Waals surface area contributed by atoms with Crippen LogP contribution in [0.1, 0.15) is 42.0 Å². The van der Waals surface area contributed by atoms with E-state index in [0.29, 0.717) is 35.5 Å². The Morgan fingerprint density at radius 1 is 1.14 bits per heavy atom. The number of anilines is 3. The summed E-state index contributed by atoms with van der Waals surface area (Å²) in [7, 11) is 1.73. The summed E-state index contributed by atoms with van der Waals surface area (Å²) in [6.07, 6.45) is 8.55. The summed E-state index contributed by atoms with van der Waals surface area (Å²) in [6, 6.07) is 11.3. The maximum atomic E-state index is 13.1. The van der Waals surface area contributed by atoms with Gasteiger partial charge in [-0.3, -0.25) is 9.59 Å². The number of nitrogens with zero attached hydrogens (tertiary/aromatic N) is 5. The highest BCUT2D eigenvalue weighted by molar-refractivity contribution is 6.31. The molecule has 4 heterocycles. The number of pyridine rings is 1. The molecule has 2 N–H and O–H groups in total. The van der Waals surface area contributed by atoms with Crippen molar-refractivity contribution in [2.24, 2.45) is 5.92 Å². The number of carbonyl (C=O) groups is 2.